The molecule has 0 bridgehead atoms. The zero-order valence-corrected chi connectivity index (χ0v) is 19.0. The fraction of sp³-hybridized carbons (Fsp3) is 0. The van der Waals surface area contributed by atoms with E-state index in [0.29, 0.717) is 31.2 Å². The van der Waals surface area contributed by atoms with E-state index in [0.717, 1.165) is 0 Å². The van der Waals surface area contributed by atoms with Gasteiger partial charge in [0.05, 0.1) is 32.5 Å². The van der Waals surface area contributed by atoms with Crippen LogP contribution in [0.5, 0.6) is 0 Å². The smallest absolute Gasteiger partial charge is 0.266 e. The lowest BCUT2D eigenvalue weighted by Gasteiger charge is -2.04. The number of amides is 2. The van der Waals surface area contributed by atoms with Crippen LogP contribution in [0.1, 0.15) is 32.1 Å². The molecule has 1 heterocycles. The maximum atomic E-state index is 12.3. The molecule has 32 heavy (non-hydrogen) atoms. The van der Waals surface area contributed by atoms with Crippen molar-refractivity contribution in [3.63, 3.8) is 0 Å². The van der Waals surface area contributed by atoms with Crippen molar-refractivity contribution in [2.24, 2.45) is 10.2 Å². The molecule has 1 aromatic heterocycles. The van der Waals surface area contributed by atoms with E-state index < -0.39 is 11.8 Å². The van der Waals surface area contributed by atoms with Gasteiger partial charge in [-0.3, -0.25) is 9.59 Å². The normalized spacial score (nSPS) is 11.1. The van der Waals surface area contributed by atoms with E-state index in [4.69, 9.17) is 46.4 Å². The van der Waals surface area contributed by atoms with Gasteiger partial charge in [0.2, 0.25) is 0 Å². The predicted molar refractivity (Wildman–Crippen MR) is 127 cm³/mol. The van der Waals surface area contributed by atoms with Crippen LogP contribution in [0.25, 0.3) is 0 Å². The van der Waals surface area contributed by atoms with Crippen molar-refractivity contribution in [1.82, 2.24) is 15.8 Å². The molecule has 0 radical (unpaired) electrons. The van der Waals surface area contributed by atoms with Gasteiger partial charge in [-0.05, 0) is 36.4 Å². The standard InChI is InChI=1S/C21H13Cl4N5O2/c22-14-4-1-5-15(23)12(14)10-26-29-20(31)18-8-3-9-19(28-18)21(32)30-27-11-13-16(24)6-2-7-17(13)25/h1-11H,(H,29,31)(H,30,32). The molecule has 0 fully saturated rings. The van der Waals surface area contributed by atoms with Crippen LogP contribution in [0, 0.1) is 0 Å². The van der Waals surface area contributed by atoms with Crippen LogP contribution >= 0.6 is 46.4 Å². The van der Waals surface area contributed by atoms with Crippen molar-refractivity contribution in [2.45, 2.75) is 0 Å². The first-order valence-electron chi connectivity index (χ1n) is 8.88. The molecule has 3 aromatic rings. The zero-order chi connectivity index (χ0) is 23.1. The summed E-state index contributed by atoms with van der Waals surface area (Å²) in [7, 11) is 0. The zero-order valence-electron chi connectivity index (χ0n) is 16.0. The van der Waals surface area contributed by atoms with Crippen molar-refractivity contribution in [3.05, 3.63) is 97.2 Å². The Balaban J connectivity index is 1.65. The average molecular weight is 509 g/mol. The second-order valence-electron chi connectivity index (χ2n) is 6.08. The third-order valence-electron chi connectivity index (χ3n) is 3.93. The molecule has 0 aliphatic carbocycles. The number of halogens is 4. The minimum Gasteiger partial charge on any atom is -0.266 e. The summed E-state index contributed by atoms with van der Waals surface area (Å²) in [5.74, 6) is -1.27. The van der Waals surface area contributed by atoms with Crippen LogP contribution in [0.2, 0.25) is 20.1 Å². The number of carbonyl (C=O) groups excluding carboxylic acids is 2. The van der Waals surface area contributed by atoms with E-state index in [1.807, 2.05) is 0 Å². The minimum absolute atomic E-state index is 0.0295. The van der Waals surface area contributed by atoms with Crippen molar-refractivity contribution in [2.75, 3.05) is 0 Å². The molecule has 0 saturated carbocycles. The molecule has 2 aromatic carbocycles. The Hall–Kier alpha value is -2.97. The molecular weight excluding hydrogens is 496 g/mol. The monoisotopic (exact) mass is 507 g/mol. The Labute approximate surface area is 203 Å². The number of hydrogen-bond acceptors (Lipinski definition) is 5. The Morgan fingerprint density at radius 2 is 1.00 bits per heavy atom. The number of rotatable bonds is 6. The molecule has 3 rings (SSSR count). The quantitative estimate of drug-likeness (QED) is 0.352. The Kier molecular flexibility index (Phi) is 8.19. The number of aromatic nitrogens is 1. The van der Waals surface area contributed by atoms with Gasteiger partial charge >= 0.3 is 0 Å². The second kappa shape index (κ2) is 11.1. The van der Waals surface area contributed by atoms with Gasteiger partial charge < -0.3 is 0 Å². The highest BCUT2D eigenvalue weighted by Crippen LogP contribution is 2.22. The highest BCUT2D eigenvalue weighted by molar-refractivity contribution is 6.39. The van der Waals surface area contributed by atoms with Crippen molar-refractivity contribution < 1.29 is 9.59 Å². The highest BCUT2D eigenvalue weighted by atomic mass is 35.5. The molecule has 2 amide bonds. The molecule has 0 aliphatic rings. The number of nitrogens with zero attached hydrogens (tertiary/aromatic N) is 3. The number of benzene rings is 2. The van der Waals surface area contributed by atoms with Gasteiger partial charge in [0.1, 0.15) is 11.4 Å². The molecule has 0 saturated heterocycles. The first-order valence-corrected chi connectivity index (χ1v) is 10.4. The Bertz CT molecular complexity index is 1100. The lowest BCUT2D eigenvalue weighted by Crippen LogP contribution is -2.23. The Morgan fingerprint density at radius 3 is 1.38 bits per heavy atom. The van der Waals surface area contributed by atoms with E-state index in [2.05, 4.69) is 26.0 Å². The van der Waals surface area contributed by atoms with E-state index in [-0.39, 0.29) is 11.4 Å². The molecule has 11 heteroatoms. The van der Waals surface area contributed by atoms with E-state index >= 15 is 0 Å². The maximum absolute atomic E-state index is 12.3. The molecule has 7 nitrogen and oxygen atoms in total. The fourth-order valence-corrected chi connectivity index (χ4v) is 3.37. The average Bonchev–Trinajstić information content (AvgIpc) is 2.77. The van der Waals surface area contributed by atoms with Gasteiger partial charge in [-0.1, -0.05) is 64.6 Å². The molecular formula is C21H13Cl4N5O2. The third kappa shape index (κ3) is 6.05. The number of carbonyl (C=O) groups is 2. The summed E-state index contributed by atoms with van der Waals surface area (Å²) >= 11 is 24.2. The minimum atomic E-state index is -0.634. The third-order valence-corrected chi connectivity index (χ3v) is 5.25. The summed E-state index contributed by atoms with van der Waals surface area (Å²) in [5.41, 5.74) is 5.46. The lowest BCUT2D eigenvalue weighted by atomic mass is 10.2. The van der Waals surface area contributed by atoms with Gasteiger partial charge in [-0.2, -0.15) is 10.2 Å². The van der Waals surface area contributed by atoms with Gasteiger partial charge in [-0.25, -0.2) is 15.8 Å². The van der Waals surface area contributed by atoms with Crippen molar-refractivity contribution in [1.29, 1.82) is 0 Å². The molecule has 0 spiro atoms. The first-order chi connectivity index (χ1) is 15.4. The van der Waals surface area contributed by atoms with Crippen molar-refractivity contribution >= 4 is 70.6 Å². The van der Waals surface area contributed by atoms with Crippen LogP contribution in [-0.2, 0) is 0 Å². The summed E-state index contributed by atoms with van der Waals surface area (Å²) in [4.78, 5) is 28.6. The Morgan fingerprint density at radius 1 is 0.656 bits per heavy atom. The first kappa shape index (κ1) is 23.7. The van der Waals surface area contributed by atoms with E-state index in [1.165, 1.54) is 30.6 Å². The summed E-state index contributed by atoms with van der Waals surface area (Å²) < 4.78 is 0. The van der Waals surface area contributed by atoms with Crippen LogP contribution in [0.4, 0.5) is 0 Å². The molecule has 0 atom stereocenters. The summed E-state index contributed by atoms with van der Waals surface area (Å²) in [6, 6.07) is 14.3. The number of pyridine rings is 1. The van der Waals surface area contributed by atoms with Crippen LogP contribution < -0.4 is 10.9 Å². The molecule has 2 N–H and O–H groups in total. The van der Waals surface area contributed by atoms with Crippen LogP contribution in [-0.4, -0.2) is 29.2 Å². The number of nitrogens with one attached hydrogen (secondary N) is 2. The van der Waals surface area contributed by atoms with Gasteiger partial charge in [0, 0.05) is 11.1 Å². The van der Waals surface area contributed by atoms with E-state index in [1.54, 1.807) is 36.4 Å². The molecule has 0 unspecified atom stereocenters. The van der Waals surface area contributed by atoms with Gasteiger partial charge in [-0.15, -0.1) is 0 Å². The topological polar surface area (TPSA) is 95.8 Å². The van der Waals surface area contributed by atoms with Crippen LogP contribution in [0.3, 0.4) is 0 Å². The van der Waals surface area contributed by atoms with E-state index in [9.17, 15) is 9.59 Å². The fourth-order valence-electron chi connectivity index (χ4n) is 2.38. The SMILES string of the molecule is O=C(NN=Cc1c(Cl)cccc1Cl)c1cccc(C(=O)NN=Cc2c(Cl)cccc2Cl)n1. The number of hydrazone groups is 2. The summed E-state index contributed by atoms with van der Waals surface area (Å²) in [5, 5.41) is 9.18. The lowest BCUT2D eigenvalue weighted by molar-refractivity contribution is 0.0946. The van der Waals surface area contributed by atoms with Gasteiger partial charge in [0.15, 0.2) is 0 Å². The highest BCUT2D eigenvalue weighted by Gasteiger charge is 2.12. The predicted octanol–water partition coefficient (Wildman–Crippen LogP) is 5.22. The maximum Gasteiger partial charge on any atom is 0.289 e. The van der Waals surface area contributed by atoms with Crippen LogP contribution in [0.15, 0.2) is 64.8 Å². The largest absolute Gasteiger partial charge is 0.289 e. The molecule has 162 valence electrons. The number of hydrogen-bond donors (Lipinski definition) is 2. The van der Waals surface area contributed by atoms with Crippen molar-refractivity contribution in [3.8, 4) is 0 Å². The summed E-state index contributed by atoms with van der Waals surface area (Å²) in [6.07, 6.45) is 2.63. The second-order valence-corrected chi connectivity index (χ2v) is 7.71. The summed E-state index contributed by atoms with van der Waals surface area (Å²) in [6.45, 7) is 0. The molecule has 0 aliphatic heterocycles. The van der Waals surface area contributed by atoms with Gasteiger partial charge in [0.25, 0.3) is 11.8 Å².